The van der Waals surface area contributed by atoms with E-state index in [0.29, 0.717) is 11.3 Å². The van der Waals surface area contributed by atoms with Gasteiger partial charge in [0.2, 0.25) is 21.8 Å². The molecule has 1 fully saturated rings. The number of nitrogen functional groups attached to an aromatic ring is 1. The quantitative estimate of drug-likeness (QED) is 0.583. The van der Waals surface area contributed by atoms with E-state index in [4.69, 9.17) is 5.73 Å². The Morgan fingerprint density at radius 3 is 2.50 bits per heavy atom. The first-order chi connectivity index (χ1) is 9.22. The zero-order valence-electron chi connectivity index (χ0n) is 11.1. The fourth-order valence-electron chi connectivity index (χ4n) is 2.07. The zero-order valence-corrected chi connectivity index (χ0v) is 11.9. The lowest BCUT2D eigenvalue weighted by Gasteiger charge is -2.13. The van der Waals surface area contributed by atoms with Crippen LogP contribution in [0.4, 0.5) is 5.69 Å². The van der Waals surface area contributed by atoms with Crippen molar-refractivity contribution < 1.29 is 18.0 Å². The highest BCUT2D eigenvalue weighted by Gasteiger charge is 2.38. The van der Waals surface area contributed by atoms with E-state index >= 15 is 0 Å². The molecule has 3 N–H and O–H groups in total. The number of hydrogen-bond donors (Lipinski definition) is 2. The van der Waals surface area contributed by atoms with Crippen molar-refractivity contribution in [1.29, 1.82) is 0 Å². The minimum Gasteiger partial charge on any atom is -0.399 e. The van der Waals surface area contributed by atoms with Crippen LogP contribution in [0.15, 0.2) is 23.1 Å². The second-order valence-corrected chi connectivity index (χ2v) is 6.38. The Hall–Kier alpha value is -1.93. The molecule has 2 amide bonds. The fourth-order valence-corrected chi connectivity index (χ4v) is 3.49. The van der Waals surface area contributed by atoms with Crippen molar-refractivity contribution in [2.45, 2.75) is 24.3 Å². The number of imide groups is 1. The largest absolute Gasteiger partial charge is 0.399 e. The number of benzene rings is 1. The lowest BCUT2D eigenvalue weighted by molar-refractivity contribution is -0.137. The van der Waals surface area contributed by atoms with Crippen LogP contribution in [0.3, 0.4) is 0 Å². The molecule has 2 rings (SSSR count). The molecule has 1 atom stereocenters. The zero-order chi connectivity index (χ0) is 15.1. The van der Waals surface area contributed by atoms with Gasteiger partial charge < -0.3 is 5.73 Å². The van der Waals surface area contributed by atoms with Gasteiger partial charge in [0.25, 0.3) is 0 Å². The molecule has 1 aromatic rings. The molecule has 1 unspecified atom stereocenters. The van der Waals surface area contributed by atoms with Crippen molar-refractivity contribution in [3.63, 3.8) is 0 Å². The van der Waals surface area contributed by atoms with Gasteiger partial charge in [0, 0.05) is 12.7 Å². The summed E-state index contributed by atoms with van der Waals surface area (Å²) in [6.45, 7) is 1.61. The topological polar surface area (TPSA) is 110 Å². The number of aryl methyl sites for hydroxylation is 1. The monoisotopic (exact) mass is 297 g/mol. The summed E-state index contributed by atoms with van der Waals surface area (Å²) in [6, 6.07) is 3.32. The number of likely N-dealkylation sites (tertiary alicyclic amines) is 1. The molecule has 0 aromatic heterocycles. The van der Waals surface area contributed by atoms with Crippen molar-refractivity contribution in [3.8, 4) is 0 Å². The summed E-state index contributed by atoms with van der Waals surface area (Å²) in [5, 5.41) is 0. The Morgan fingerprint density at radius 1 is 1.35 bits per heavy atom. The number of likely N-dealkylation sites (N-methyl/N-ethyl adjacent to an activating group) is 1. The van der Waals surface area contributed by atoms with Gasteiger partial charge in [-0.05, 0) is 30.7 Å². The highest BCUT2D eigenvalue weighted by atomic mass is 32.2. The maximum Gasteiger partial charge on any atom is 0.247 e. The molecule has 1 aromatic carbocycles. The third-order valence-electron chi connectivity index (χ3n) is 3.17. The lowest BCUT2D eigenvalue weighted by atomic mass is 10.2. The Balaban J connectivity index is 2.28. The fraction of sp³-hybridized carbons (Fsp3) is 0.333. The smallest absolute Gasteiger partial charge is 0.247 e. The summed E-state index contributed by atoms with van der Waals surface area (Å²) in [7, 11) is -2.55. The molecule has 8 heteroatoms. The van der Waals surface area contributed by atoms with E-state index in [2.05, 4.69) is 4.72 Å². The number of hydrogen-bond acceptors (Lipinski definition) is 5. The van der Waals surface area contributed by atoms with E-state index in [1.54, 1.807) is 6.92 Å². The predicted molar refractivity (Wildman–Crippen MR) is 72.1 cm³/mol. The van der Waals surface area contributed by atoms with E-state index in [9.17, 15) is 18.0 Å². The van der Waals surface area contributed by atoms with E-state index in [0.717, 1.165) is 4.90 Å². The van der Waals surface area contributed by atoms with E-state index in [1.807, 2.05) is 0 Å². The molecule has 0 radical (unpaired) electrons. The average molecular weight is 297 g/mol. The Morgan fingerprint density at radius 2 is 2.00 bits per heavy atom. The van der Waals surface area contributed by atoms with Crippen LogP contribution in [0.5, 0.6) is 0 Å². The van der Waals surface area contributed by atoms with Crippen molar-refractivity contribution in [3.05, 3.63) is 23.8 Å². The molecule has 0 aliphatic carbocycles. The standard InChI is InChI=1S/C12H15N3O4S/c1-7-5-8(13)3-4-10(7)20(18,19)14-9-6-11(16)15(2)12(9)17/h3-5,9,14H,6,13H2,1-2H3. The first-order valence-electron chi connectivity index (χ1n) is 5.91. The van der Waals surface area contributed by atoms with Gasteiger partial charge in [-0.2, -0.15) is 4.72 Å². The van der Waals surface area contributed by atoms with Gasteiger partial charge in [0.05, 0.1) is 11.3 Å². The number of nitrogens with zero attached hydrogens (tertiary/aromatic N) is 1. The normalized spacial score (nSPS) is 19.7. The van der Waals surface area contributed by atoms with Crippen LogP contribution in [-0.4, -0.2) is 38.2 Å². The molecule has 1 saturated heterocycles. The molecule has 1 heterocycles. The molecular formula is C12H15N3O4S. The van der Waals surface area contributed by atoms with Gasteiger partial charge in [-0.3, -0.25) is 14.5 Å². The SMILES string of the molecule is Cc1cc(N)ccc1S(=O)(=O)NC1CC(=O)N(C)C1=O. The van der Waals surface area contributed by atoms with Crippen molar-refractivity contribution >= 4 is 27.5 Å². The maximum atomic E-state index is 12.2. The third kappa shape index (κ3) is 2.52. The number of carbonyl (C=O) groups excluding carboxylic acids is 2. The van der Waals surface area contributed by atoms with Crippen LogP contribution >= 0.6 is 0 Å². The number of amides is 2. The number of sulfonamides is 1. The Bertz CT molecular complexity index is 684. The second-order valence-electron chi connectivity index (χ2n) is 4.69. The summed E-state index contributed by atoms with van der Waals surface area (Å²) in [5.74, 6) is -0.955. The highest BCUT2D eigenvalue weighted by Crippen LogP contribution is 2.20. The lowest BCUT2D eigenvalue weighted by Crippen LogP contribution is -2.40. The number of carbonyl (C=O) groups is 2. The van der Waals surface area contributed by atoms with E-state index in [-0.39, 0.29) is 11.3 Å². The first-order valence-corrected chi connectivity index (χ1v) is 7.39. The molecule has 20 heavy (non-hydrogen) atoms. The van der Waals surface area contributed by atoms with Crippen molar-refractivity contribution in [1.82, 2.24) is 9.62 Å². The number of nitrogens with two attached hydrogens (primary N) is 1. The van der Waals surface area contributed by atoms with E-state index in [1.165, 1.54) is 25.2 Å². The predicted octanol–water partition coefficient (Wildman–Crippen LogP) is -0.387. The minimum absolute atomic E-state index is 0.0431. The van der Waals surface area contributed by atoms with Gasteiger partial charge in [-0.15, -0.1) is 0 Å². The molecule has 1 aliphatic heterocycles. The van der Waals surface area contributed by atoms with Crippen LogP contribution < -0.4 is 10.5 Å². The van der Waals surface area contributed by atoms with Crippen LogP contribution in [-0.2, 0) is 19.6 Å². The van der Waals surface area contributed by atoms with E-state index < -0.39 is 27.9 Å². The van der Waals surface area contributed by atoms with Crippen molar-refractivity contribution in [2.75, 3.05) is 12.8 Å². The van der Waals surface area contributed by atoms with Crippen LogP contribution in [0, 0.1) is 6.92 Å². The first kappa shape index (κ1) is 14.5. The summed E-state index contributed by atoms with van der Waals surface area (Å²) in [4.78, 5) is 24.1. The van der Waals surface area contributed by atoms with Crippen LogP contribution in [0.25, 0.3) is 0 Å². The van der Waals surface area contributed by atoms with Gasteiger partial charge in [0.15, 0.2) is 0 Å². The maximum absolute atomic E-state index is 12.2. The number of anilines is 1. The molecule has 1 aliphatic rings. The summed E-state index contributed by atoms with van der Waals surface area (Å²) >= 11 is 0. The molecule has 108 valence electrons. The molecule has 0 spiro atoms. The van der Waals surface area contributed by atoms with Crippen LogP contribution in [0.1, 0.15) is 12.0 Å². The van der Waals surface area contributed by atoms with Gasteiger partial charge in [-0.1, -0.05) is 0 Å². The summed E-state index contributed by atoms with van der Waals surface area (Å²) < 4.78 is 26.8. The minimum atomic E-state index is -3.88. The summed E-state index contributed by atoms with van der Waals surface area (Å²) in [6.07, 6.45) is -0.164. The Kier molecular flexibility index (Phi) is 3.53. The second kappa shape index (κ2) is 4.88. The number of rotatable bonds is 3. The molecule has 7 nitrogen and oxygen atoms in total. The summed E-state index contributed by atoms with van der Waals surface area (Å²) in [5.41, 5.74) is 6.50. The van der Waals surface area contributed by atoms with Crippen molar-refractivity contribution in [2.24, 2.45) is 0 Å². The average Bonchev–Trinajstić information content (AvgIpc) is 2.56. The molecule has 0 saturated carbocycles. The number of nitrogens with one attached hydrogen (secondary N) is 1. The Labute approximate surface area is 116 Å². The van der Waals surface area contributed by atoms with Gasteiger partial charge in [0.1, 0.15) is 6.04 Å². The highest BCUT2D eigenvalue weighted by molar-refractivity contribution is 7.89. The third-order valence-corrected chi connectivity index (χ3v) is 4.80. The van der Waals surface area contributed by atoms with Gasteiger partial charge >= 0.3 is 0 Å². The molecular weight excluding hydrogens is 282 g/mol. The van der Waals surface area contributed by atoms with Gasteiger partial charge in [-0.25, -0.2) is 8.42 Å². The van der Waals surface area contributed by atoms with Crippen LogP contribution in [0.2, 0.25) is 0 Å². The molecule has 0 bridgehead atoms.